The first-order chi connectivity index (χ1) is 4.57. The van der Waals surface area contributed by atoms with Gasteiger partial charge in [-0.15, -0.1) is 0 Å². The SMILES string of the molecule is CC(CC(C)N(C)C)N=O. The lowest BCUT2D eigenvalue weighted by molar-refractivity contribution is 0.287. The summed E-state index contributed by atoms with van der Waals surface area (Å²) in [5.74, 6) is 0. The van der Waals surface area contributed by atoms with E-state index in [0.717, 1.165) is 6.42 Å². The van der Waals surface area contributed by atoms with Gasteiger partial charge in [0.2, 0.25) is 0 Å². The highest BCUT2D eigenvalue weighted by Crippen LogP contribution is 2.04. The maximum absolute atomic E-state index is 9.99. The van der Waals surface area contributed by atoms with Crippen molar-refractivity contribution in [1.29, 1.82) is 0 Å². The average molecular weight is 144 g/mol. The molecule has 60 valence electrons. The zero-order chi connectivity index (χ0) is 8.15. The van der Waals surface area contributed by atoms with Crippen LogP contribution in [0.2, 0.25) is 0 Å². The highest BCUT2D eigenvalue weighted by Gasteiger charge is 2.09. The van der Waals surface area contributed by atoms with Crippen molar-refractivity contribution in [2.24, 2.45) is 5.18 Å². The minimum absolute atomic E-state index is 0.0580. The van der Waals surface area contributed by atoms with Gasteiger partial charge in [0, 0.05) is 6.04 Å². The Bertz CT molecular complexity index is 104. The molecule has 0 saturated carbocycles. The molecule has 0 amide bonds. The quantitative estimate of drug-likeness (QED) is 0.560. The van der Waals surface area contributed by atoms with Gasteiger partial charge < -0.3 is 4.90 Å². The minimum atomic E-state index is -0.0580. The van der Waals surface area contributed by atoms with Crippen molar-refractivity contribution in [3.63, 3.8) is 0 Å². The summed E-state index contributed by atoms with van der Waals surface area (Å²) in [6.45, 7) is 3.93. The first kappa shape index (κ1) is 9.56. The van der Waals surface area contributed by atoms with Crippen molar-refractivity contribution < 1.29 is 0 Å². The van der Waals surface area contributed by atoms with Crippen LogP contribution in [0.5, 0.6) is 0 Å². The fraction of sp³-hybridized carbons (Fsp3) is 1.00. The zero-order valence-electron chi connectivity index (χ0n) is 7.16. The van der Waals surface area contributed by atoms with Gasteiger partial charge in [0.05, 0.1) is 6.04 Å². The number of hydrogen-bond donors (Lipinski definition) is 0. The summed E-state index contributed by atoms with van der Waals surface area (Å²) in [7, 11) is 4.00. The summed E-state index contributed by atoms with van der Waals surface area (Å²) < 4.78 is 0. The van der Waals surface area contributed by atoms with E-state index in [1.54, 1.807) is 0 Å². The summed E-state index contributed by atoms with van der Waals surface area (Å²) in [4.78, 5) is 12.1. The molecule has 0 aliphatic rings. The maximum atomic E-state index is 9.99. The first-order valence-corrected chi connectivity index (χ1v) is 3.56. The van der Waals surface area contributed by atoms with Gasteiger partial charge >= 0.3 is 0 Å². The third kappa shape index (κ3) is 3.56. The largest absolute Gasteiger partial charge is 0.307 e. The van der Waals surface area contributed by atoms with Gasteiger partial charge in [-0.05, 0) is 34.4 Å². The van der Waals surface area contributed by atoms with Gasteiger partial charge in [-0.25, -0.2) is 0 Å². The second kappa shape index (κ2) is 4.39. The van der Waals surface area contributed by atoms with E-state index in [9.17, 15) is 4.91 Å². The molecule has 2 atom stereocenters. The minimum Gasteiger partial charge on any atom is -0.307 e. The number of hydrogen-bond acceptors (Lipinski definition) is 3. The molecule has 0 aromatic heterocycles. The Labute approximate surface area is 62.4 Å². The van der Waals surface area contributed by atoms with Crippen LogP contribution in [0.3, 0.4) is 0 Å². The van der Waals surface area contributed by atoms with Gasteiger partial charge in [0.15, 0.2) is 0 Å². The third-order valence-corrected chi connectivity index (χ3v) is 1.74. The fourth-order valence-electron chi connectivity index (χ4n) is 0.748. The summed E-state index contributed by atoms with van der Waals surface area (Å²) >= 11 is 0. The predicted molar refractivity (Wildman–Crippen MR) is 43.0 cm³/mol. The van der Waals surface area contributed by atoms with Crippen molar-refractivity contribution in [2.45, 2.75) is 32.4 Å². The molecule has 0 fully saturated rings. The van der Waals surface area contributed by atoms with E-state index < -0.39 is 0 Å². The molecule has 0 rings (SSSR count). The standard InChI is InChI=1S/C7H16N2O/c1-6(8-10)5-7(2)9(3)4/h6-7H,5H2,1-4H3. The van der Waals surface area contributed by atoms with Gasteiger partial charge in [-0.2, -0.15) is 4.91 Å². The molecule has 10 heavy (non-hydrogen) atoms. The van der Waals surface area contributed by atoms with Gasteiger partial charge in [0.1, 0.15) is 0 Å². The van der Waals surface area contributed by atoms with Crippen molar-refractivity contribution in [3.8, 4) is 0 Å². The van der Waals surface area contributed by atoms with Gasteiger partial charge in [-0.1, -0.05) is 5.18 Å². The third-order valence-electron chi connectivity index (χ3n) is 1.74. The maximum Gasteiger partial charge on any atom is 0.0906 e. The summed E-state index contributed by atoms with van der Waals surface area (Å²) in [5.41, 5.74) is 0. The lowest BCUT2D eigenvalue weighted by Crippen LogP contribution is -2.27. The molecule has 0 aromatic rings. The second-order valence-corrected chi connectivity index (χ2v) is 3.00. The second-order valence-electron chi connectivity index (χ2n) is 3.00. The Kier molecular flexibility index (Phi) is 4.19. The molecule has 3 nitrogen and oxygen atoms in total. The number of nitrogens with zero attached hydrogens (tertiary/aromatic N) is 2. The molecule has 0 aliphatic heterocycles. The van der Waals surface area contributed by atoms with Crippen LogP contribution in [-0.4, -0.2) is 31.1 Å². The lowest BCUT2D eigenvalue weighted by Gasteiger charge is -2.19. The van der Waals surface area contributed by atoms with Crippen LogP contribution in [0.4, 0.5) is 0 Å². The monoisotopic (exact) mass is 144 g/mol. The van der Waals surface area contributed by atoms with Crippen LogP contribution in [-0.2, 0) is 0 Å². The zero-order valence-corrected chi connectivity index (χ0v) is 7.16. The van der Waals surface area contributed by atoms with Crippen LogP contribution in [0.15, 0.2) is 5.18 Å². The lowest BCUT2D eigenvalue weighted by atomic mass is 10.1. The topological polar surface area (TPSA) is 32.7 Å². The van der Waals surface area contributed by atoms with E-state index in [1.165, 1.54) is 0 Å². The molecule has 0 spiro atoms. The van der Waals surface area contributed by atoms with E-state index in [1.807, 2.05) is 21.0 Å². The molecule has 2 unspecified atom stereocenters. The Hall–Kier alpha value is -0.440. The molecule has 0 bridgehead atoms. The van der Waals surface area contributed by atoms with E-state index in [2.05, 4.69) is 17.0 Å². The van der Waals surface area contributed by atoms with E-state index >= 15 is 0 Å². The molecule has 0 aliphatic carbocycles. The van der Waals surface area contributed by atoms with Crippen molar-refractivity contribution in [1.82, 2.24) is 4.90 Å². The Morgan fingerprint density at radius 1 is 1.40 bits per heavy atom. The van der Waals surface area contributed by atoms with E-state index in [0.29, 0.717) is 6.04 Å². The fourth-order valence-corrected chi connectivity index (χ4v) is 0.748. The van der Waals surface area contributed by atoms with E-state index in [4.69, 9.17) is 0 Å². The molecular formula is C7H16N2O. The average Bonchev–Trinajstić information content (AvgIpc) is 1.87. The first-order valence-electron chi connectivity index (χ1n) is 3.56. The molecule has 0 N–H and O–H groups in total. The molecule has 0 radical (unpaired) electrons. The van der Waals surface area contributed by atoms with E-state index in [-0.39, 0.29) is 6.04 Å². The molecule has 0 heterocycles. The van der Waals surface area contributed by atoms with Gasteiger partial charge in [0.25, 0.3) is 0 Å². The Morgan fingerprint density at radius 2 is 1.90 bits per heavy atom. The van der Waals surface area contributed by atoms with Crippen LogP contribution in [0.25, 0.3) is 0 Å². The summed E-state index contributed by atoms with van der Waals surface area (Å²) in [6, 6.07) is 0.380. The van der Waals surface area contributed by atoms with Crippen LogP contribution >= 0.6 is 0 Å². The summed E-state index contributed by atoms with van der Waals surface area (Å²) in [5, 5.41) is 2.93. The van der Waals surface area contributed by atoms with Crippen LogP contribution in [0.1, 0.15) is 20.3 Å². The smallest absolute Gasteiger partial charge is 0.0906 e. The highest BCUT2D eigenvalue weighted by atomic mass is 16.3. The predicted octanol–water partition coefficient (Wildman–Crippen LogP) is 1.48. The molecule has 0 aromatic carbocycles. The normalized spacial score (nSPS) is 16.9. The highest BCUT2D eigenvalue weighted by molar-refractivity contribution is 4.67. The molecule has 3 heteroatoms. The summed E-state index contributed by atoms with van der Waals surface area (Å²) in [6.07, 6.45) is 0.844. The number of rotatable bonds is 4. The van der Waals surface area contributed by atoms with Crippen molar-refractivity contribution in [2.75, 3.05) is 14.1 Å². The Morgan fingerprint density at radius 3 is 2.20 bits per heavy atom. The molecular weight excluding hydrogens is 128 g/mol. The number of nitroso groups, excluding NO2 is 1. The van der Waals surface area contributed by atoms with Gasteiger partial charge in [-0.3, -0.25) is 0 Å². The van der Waals surface area contributed by atoms with Crippen molar-refractivity contribution in [3.05, 3.63) is 4.91 Å². The Balaban J connectivity index is 3.56. The van der Waals surface area contributed by atoms with Crippen LogP contribution < -0.4 is 0 Å². The van der Waals surface area contributed by atoms with Crippen molar-refractivity contribution >= 4 is 0 Å². The van der Waals surface area contributed by atoms with Crippen LogP contribution in [0, 0.1) is 4.91 Å². The molecule has 0 saturated heterocycles.